The first-order valence-corrected chi connectivity index (χ1v) is 9.53. The third-order valence-electron chi connectivity index (χ3n) is 4.18. The van der Waals surface area contributed by atoms with Crippen molar-refractivity contribution < 1.29 is 9.59 Å². The normalized spacial score (nSPS) is 10.7. The number of carbonyl (C=O) groups is 2. The molecule has 0 spiro atoms. The van der Waals surface area contributed by atoms with Crippen LogP contribution in [0.3, 0.4) is 0 Å². The topological polar surface area (TPSA) is 93.2 Å². The first kappa shape index (κ1) is 21.1. The number of aromatic nitrogens is 2. The maximum Gasteiger partial charge on any atom is 0.269 e. The van der Waals surface area contributed by atoms with Crippen molar-refractivity contribution in [2.24, 2.45) is 12.8 Å². The molecule has 0 atom stereocenters. The molecule has 146 valence electrons. The van der Waals surface area contributed by atoms with Gasteiger partial charge in [0.25, 0.3) is 5.91 Å². The highest BCUT2D eigenvalue weighted by atomic mass is 35.5. The van der Waals surface area contributed by atoms with E-state index in [-0.39, 0.29) is 23.8 Å². The number of carbonyl (C=O) groups excluding carboxylic acids is 2. The fourth-order valence-corrected chi connectivity index (χ4v) is 3.15. The average Bonchev–Trinajstić information content (AvgIpc) is 2.89. The van der Waals surface area contributed by atoms with E-state index < -0.39 is 5.91 Å². The van der Waals surface area contributed by atoms with Crippen LogP contribution in [0.2, 0.25) is 0 Å². The van der Waals surface area contributed by atoms with E-state index in [0.29, 0.717) is 30.7 Å². The molecular weight excluding hydrogens is 389 g/mol. The zero-order valence-electron chi connectivity index (χ0n) is 15.3. The molecule has 0 fully saturated rings. The molecule has 1 aromatic heterocycles. The van der Waals surface area contributed by atoms with Gasteiger partial charge in [0.15, 0.2) is 11.5 Å². The van der Waals surface area contributed by atoms with Crippen LogP contribution in [0.15, 0.2) is 24.3 Å². The molecule has 0 saturated carbocycles. The summed E-state index contributed by atoms with van der Waals surface area (Å²) in [5, 5.41) is 2.66. The fourth-order valence-electron chi connectivity index (χ4n) is 2.74. The van der Waals surface area contributed by atoms with Gasteiger partial charge in [-0.1, -0.05) is 12.1 Å². The summed E-state index contributed by atoms with van der Waals surface area (Å²) in [4.78, 5) is 30.2. The number of primary amides is 1. The van der Waals surface area contributed by atoms with Crippen molar-refractivity contribution in [1.29, 1.82) is 0 Å². The molecule has 0 unspecified atom stereocenters. The summed E-state index contributed by atoms with van der Waals surface area (Å²) in [7, 11) is 1.67. The Kier molecular flexibility index (Phi) is 7.50. The van der Waals surface area contributed by atoms with Crippen molar-refractivity contribution in [2.75, 3.05) is 35.1 Å². The van der Waals surface area contributed by atoms with Crippen LogP contribution in [0.4, 0.5) is 11.5 Å². The molecule has 9 heteroatoms. The molecule has 2 aromatic rings. The molecule has 3 N–H and O–H groups in total. The first-order chi connectivity index (χ1) is 12.9. The number of hydrogen-bond acceptors (Lipinski definition) is 4. The standard InChI is InChI=1S/C18H23Cl2N5O2/c1-12-22-18(16(17(21)27)24(12)2)23-15(26)11-13-3-5-14(6-4-13)25(9-7-19)10-8-20/h3-6H,7-11H2,1-2H3,(H2,21,27)(H,23,26). The van der Waals surface area contributed by atoms with Crippen LogP contribution in [-0.4, -0.2) is 46.2 Å². The minimum atomic E-state index is -0.642. The van der Waals surface area contributed by atoms with Gasteiger partial charge in [-0.3, -0.25) is 9.59 Å². The smallest absolute Gasteiger partial charge is 0.269 e. The Morgan fingerprint density at radius 2 is 1.78 bits per heavy atom. The fraction of sp³-hybridized carbons (Fsp3) is 0.389. The quantitative estimate of drug-likeness (QED) is 0.618. The zero-order chi connectivity index (χ0) is 20.0. The van der Waals surface area contributed by atoms with Crippen LogP contribution in [0.25, 0.3) is 0 Å². The number of nitrogens with zero attached hydrogens (tertiary/aromatic N) is 3. The number of rotatable bonds is 9. The van der Waals surface area contributed by atoms with E-state index in [1.54, 1.807) is 18.5 Å². The number of anilines is 2. The molecule has 1 aromatic carbocycles. The Morgan fingerprint density at radius 1 is 1.19 bits per heavy atom. The number of nitrogens with one attached hydrogen (secondary N) is 1. The van der Waals surface area contributed by atoms with Gasteiger partial charge in [0.05, 0.1) is 6.42 Å². The number of halogens is 2. The largest absolute Gasteiger partial charge is 0.369 e. The molecule has 0 aliphatic rings. The van der Waals surface area contributed by atoms with Crippen LogP contribution in [0, 0.1) is 6.92 Å². The summed E-state index contributed by atoms with van der Waals surface area (Å²) >= 11 is 11.7. The van der Waals surface area contributed by atoms with Crippen molar-refractivity contribution in [3.63, 3.8) is 0 Å². The van der Waals surface area contributed by atoms with E-state index in [0.717, 1.165) is 11.3 Å². The summed E-state index contributed by atoms with van der Waals surface area (Å²) in [6, 6.07) is 7.62. The minimum Gasteiger partial charge on any atom is -0.369 e. The highest BCUT2D eigenvalue weighted by molar-refractivity contribution is 6.18. The van der Waals surface area contributed by atoms with Crippen LogP contribution in [-0.2, 0) is 18.3 Å². The second kappa shape index (κ2) is 9.62. The van der Waals surface area contributed by atoms with E-state index in [1.807, 2.05) is 24.3 Å². The lowest BCUT2D eigenvalue weighted by Crippen LogP contribution is -2.27. The molecule has 1 heterocycles. The lowest BCUT2D eigenvalue weighted by molar-refractivity contribution is -0.115. The Hall–Kier alpha value is -2.25. The summed E-state index contributed by atoms with van der Waals surface area (Å²) in [6.07, 6.45) is 0.152. The number of alkyl halides is 2. The Balaban J connectivity index is 2.06. The van der Waals surface area contributed by atoms with E-state index >= 15 is 0 Å². The minimum absolute atomic E-state index is 0.152. The van der Waals surface area contributed by atoms with Crippen LogP contribution < -0.4 is 16.0 Å². The molecule has 27 heavy (non-hydrogen) atoms. The monoisotopic (exact) mass is 411 g/mol. The predicted octanol–water partition coefficient (Wildman–Crippen LogP) is 2.29. The van der Waals surface area contributed by atoms with Crippen LogP contribution in [0.5, 0.6) is 0 Å². The van der Waals surface area contributed by atoms with E-state index in [2.05, 4.69) is 15.2 Å². The molecule has 0 aliphatic heterocycles. The lowest BCUT2D eigenvalue weighted by atomic mass is 10.1. The molecule has 0 bridgehead atoms. The van der Waals surface area contributed by atoms with Gasteiger partial charge in [-0.15, -0.1) is 23.2 Å². The van der Waals surface area contributed by atoms with Crippen molar-refractivity contribution in [1.82, 2.24) is 9.55 Å². The maximum absolute atomic E-state index is 12.3. The van der Waals surface area contributed by atoms with Gasteiger partial charge in [-0.2, -0.15) is 0 Å². The van der Waals surface area contributed by atoms with Crippen molar-refractivity contribution in [2.45, 2.75) is 13.3 Å². The van der Waals surface area contributed by atoms with Gasteiger partial charge < -0.3 is 20.5 Å². The van der Waals surface area contributed by atoms with Gasteiger partial charge in [0, 0.05) is 37.6 Å². The molecular formula is C18H23Cl2N5O2. The third kappa shape index (κ3) is 5.37. The maximum atomic E-state index is 12.3. The van der Waals surface area contributed by atoms with E-state index in [1.165, 1.54) is 0 Å². The zero-order valence-corrected chi connectivity index (χ0v) is 16.8. The van der Waals surface area contributed by atoms with Gasteiger partial charge in [-0.25, -0.2) is 4.98 Å². The first-order valence-electron chi connectivity index (χ1n) is 8.46. The molecule has 2 rings (SSSR count). The number of hydrogen-bond donors (Lipinski definition) is 2. The van der Waals surface area contributed by atoms with Crippen molar-refractivity contribution >= 4 is 46.5 Å². The van der Waals surface area contributed by atoms with Crippen LogP contribution in [0.1, 0.15) is 21.9 Å². The summed E-state index contributed by atoms with van der Waals surface area (Å²) in [5.41, 5.74) is 7.38. The SMILES string of the molecule is Cc1nc(NC(=O)Cc2ccc(N(CCCl)CCCl)cc2)c(C(N)=O)n1C. The Bertz CT molecular complexity index is 799. The number of imidazole rings is 1. The van der Waals surface area contributed by atoms with Crippen molar-refractivity contribution in [3.8, 4) is 0 Å². The van der Waals surface area contributed by atoms with Crippen LogP contribution >= 0.6 is 23.2 Å². The summed E-state index contributed by atoms with van der Waals surface area (Å²) in [6.45, 7) is 3.13. The number of aryl methyl sites for hydroxylation is 1. The van der Waals surface area contributed by atoms with Gasteiger partial charge in [0.1, 0.15) is 5.82 Å². The molecule has 7 nitrogen and oxygen atoms in total. The summed E-state index contributed by atoms with van der Waals surface area (Å²) in [5.74, 6) is 0.860. The molecule has 0 aliphatic carbocycles. The second-order valence-corrected chi connectivity index (χ2v) is 6.79. The number of benzene rings is 1. The highest BCUT2D eigenvalue weighted by Gasteiger charge is 2.19. The third-order valence-corrected chi connectivity index (χ3v) is 4.52. The van der Waals surface area contributed by atoms with Gasteiger partial charge >= 0.3 is 0 Å². The Morgan fingerprint density at radius 3 is 2.30 bits per heavy atom. The molecule has 0 saturated heterocycles. The van der Waals surface area contributed by atoms with Crippen molar-refractivity contribution in [3.05, 3.63) is 41.3 Å². The van der Waals surface area contributed by atoms with E-state index in [4.69, 9.17) is 28.9 Å². The predicted molar refractivity (Wildman–Crippen MR) is 109 cm³/mol. The number of amides is 2. The van der Waals surface area contributed by atoms with E-state index in [9.17, 15) is 9.59 Å². The number of nitrogens with two attached hydrogens (primary N) is 1. The second-order valence-electron chi connectivity index (χ2n) is 6.04. The Labute approximate surface area is 168 Å². The lowest BCUT2D eigenvalue weighted by Gasteiger charge is -2.23. The average molecular weight is 412 g/mol. The van der Waals surface area contributed by atoms with Gasteiger partial charge in [-0.05, 0) is 24.6 Å². The highest BCUT2D eigenvalue weighted by Crippen LogP contribution is 2.18. The molecule has 0 radical (unpaired) electrons. The summed E-state index contributed by atoms with van der Waals surface area (Å²) < 4.78 is 1.55. The van der Waals surface area contributed by atoms with Gasteiger partial charge in [0.2, 0.25) is 5.91 Å². The molecule has 2 amide bonds.